The third-order valence-corrected chi connectivity index (χ3v) is 3.82. The van der Waals surface area contributed by atoms with E-state index in [0.717, 1.165) is 48.1 Å². The van der Waals surface area contributed by atoms with Crippen molar-refractivity contribution in [2.24, 2.45) is 5.41 Å². The van der Waals surface area contributed by atoms with Gasteiger partial charge in [0.2, 0.25) is 0 Å². The second kappa shape index (κ2) is 6.90. The number of anilines is 1. The van der Waals surface area contributed by atoms with Gasteiger partial charge in [0.25, 0.3) is 0 Å². The Morgan fingerprint density at radius 3 is 2.71 bits per heavy atom. The van der Waals surface area contributed by atoms with Gasteiger partial charge >= 0.3 is 0 Å². The highest BCUT2D eigenvalue weighted by Crippen LogP contribution is 2.26. The van der Waals surface area contributed by atoms with Gasteiger partial charge in [0, 0.05) is 29.9 Å². The van der Waals surface area contributed by atoms with Crippen LogP contribution in [0.3, 0.4) is 0 Å². The molecule has 0 fully saturated rings. The largest absolute Gasteiger partial charge is 0.396 e. The fourth-order valence-corrected chi connectivity index (χ4v) is 2.49. The van der Waals surface area contributed by atoms with Crippen LogP contribution in [-0.2, 0) is 6.42 Å². The number of aliphatic hydroxyl groups is 1. The molecule has 2 rings (SSSR count). The van der Waals surface area contributed by atoms with E-state index < -0.39 is 0 Å². The minimum absolute atomic E-state index is 0.0735. The van der Waals surface area contributed by atoms with E-state index in [4.69, 9.17) is 10.1 Å². The molecule has 3 nitrogen and oxygen atoms in total. The Labute approximate surface area is 127 Å². The Balaban J connectivity index is 2.28. The van der Waals surface area contributed by atoms with Gasteiger partial charge in [-0.15, -0.1) is 0 Å². The van der Waals surface area contributed by atoms with Crippen molar-refractivity contribution in [3.63, 3.8) is 0 Å². The van der Waals surface area contributed by atoms with Crippen LogP contribution in [-0.4, -0.2) is 23.2 Å². The standard InChI is InChI=1S/C18H26N2O/c1-4-7-14-12-17(19-13-18(2,3)10-11-21)15-8-5-6-9-16(15)20-14/h5-6,8-9,12,21H,4,7,10-11,13H2,1-3H3,(H,19,20). The first-order valence-electron chi connectivity index (χ1n) is 7.79. The summed E-state index contributed by atoms with van der Waals surface area (Å²) in [6.07, 6.45) is 2.89. The summed E-state index contributed by atoms with van der Waals surface area (Å²) >= 11 is 0. The average molecular weight is 286 g/mol. The molecule has 0 aliphatic rings. The topological polar surface area (TPSA) is 45.1 Å². The second-order valence-electron chi connectivity index (χ2n) is 6.42. The van der Waals surface area contributed by atoms with Gasteiger partial charge in [0.15, 0.2) is 0 Å². The number of aliphatic hydroxyl groups excluding tert-OH is 1. The Morgan fingerprint density at radius 2 is 2.00 bits per heavy atom. The van der Waals surface area contributed by atoms with E-state index >= 15 is 0 Å². The number of nitrogens with zero attached hydrogens (tertiary/aromatic N) is 1. The Hall–Kier alpha value is -1.61. The number of nitrogens with one attached hydrogen (secondary N) is 1. The van der Waals surface area contributed by atoms with E-state index in [1.54, 1.807) is 0 Å². The Kier molecular flexibility index (Phi) is 5.18. The molecule has 0 aliphatic heterocycles. The fourth-order valence-electron chi connectivity index (χ4n) is 2.49. The zero-order chi connectivity index (χ0) is 15.3. The van der Waals surface area contributed by atoms with Crippen LogP contribution in [0.1, 0.15) is 39.3 Å². The first kappa shape index (κ1) is 15.8. The van der Waals surface area contributed by atoms with Crippen molar-refractivity contribution in [1.82, 2.24) is 4.98 Å². The molecule has 1 aromatic carbocycles. The van der Waals surface area contributed by atoms with E-state index in [1.165, 1.54) is 0 Å². The van der Waals surface area contributed by atoms with E-state index in [1.807, 2.05) is 12.1 Å². The lowest BCUT2D eigenvalue weighted by molar-refractivity contribution is 0.220. The second-order valence-corrected chi connectivity index (χ2v) is 6.42. The summed E-state index contributed by atoms with van der Waals surface area (Å²) in [5.41, 5.74) is 3.41. The van der Waals surface area contributed by atoms with Crippen LogP contribution in [0.15, 0.2) is 30.3 Å². The Bertz CT molecular complexity index is 593. The maximum Gasteiger partial charge on any atom is 0.0726 e. The van der Waals surface area contributed by atoms with Gasteiger partial charge in [-0.25, -0.2) is 0 Å². The lowest BCUT2D eigenvalue weighted by Crippen LogP contribution is -2.24. The zero-order valence-electron chi connectivity index (χ0n) is 13.3. The quantitative estimate of drug-likeness (QED) is 0.808. The first-order chi connectivity index (χ1) is 10.1. The summed E-state index contributed by atoms with van der Waals surface area (Å²) in [5.74, 6) is 0. The van der Waals surface area contributed by atoms with Crippen molar-refractivity contribution in [2.75, 3.05) is 18.5 Å². The zero-order valence-corrected chi connectivity index (χ0v) is 13.3. The molecule has 0 saturated carbocycles. The van der Waals surface area contributed by atoms with Crippen LogP contribution in [0.5, 0.6) is 0 Å². The minimum Gasteiger partial charge on any atom is -0.396 e. The molecule has 21 heavy (non-hydrogen) atoms. The molecule has 0 atom stereocenters. The number of aryl methyl sites for hydroxylation is 1. The highest BCUT2D eigenvalue weighted by molar-refractivity contribution is 5.91. The van der Waals surface area contributed by atoms with Crippen molar-refractivity contribution in [2.45, 2.75) is 40.0 Å². The third-order valence-electron chi connectivity index (χ3n) is 3.82. The highest BCUT2D eigenvalue weighted by Gasteiger charge is 2.17. The minimum atomic E-state index is 0.0735. The van der Waals surface area contributed by atoms with Crippen LogP contribution in [0.25, 0.3) is 10.9 Å². The lowest BCUT2D eigenvalue weighted by Gasteiger charge is -2.25. The van der Waals surface area contributed by atoms with Crippen LogP contribution < -0.4 is 5.32 Å². The summed E-state index contributed by atoms with van der Waals surface area (Å²) < 4.78 is 0. The number of hydrogen-bond acceptors (Lipinski definition) is 3. The molecule has 114 valence electrons. The molecule has 3 heteroatoms. The summed E-state index contributed by atoms with van der Waals surface area (Å²) in [7, 11) is 0. The SMILES string of the molecule is CCCc1cc(NCC(C)(C)CCO)c2ccccc2n1. The number of rotatable bonds is 7. The predicted molar refractivity (Wildman–Crippen MR) is 89.7 cm³/mol. The summed E-state index contributed by atoms with van der Waals surface area (Å²) in [6.45, 7) is 7.59. The molecule has 2 aromatic rings. The van der Waals surface area contributed by atoms with Crippen LogP contribution in [0, 0.1) is 5.41 Å². The fraction of sp³-hybridized carbons (Fsp3) is 0.500. The lowest BCUT2D eigenvalue weighted by atomic mass is 9.89. The van der Waals surface area contributed by atoms with Crippen molar-refractivity contribution in [3.05, 3.63) is 36.0 Å². The molecule has 0 spiro atoms. The van der Waals surface area contributed by atoms with Crippen LogP contribution >= 0.6 is 0 Å². The van der Waals surface area contributed by atoms with E-state index in [-0.39, 0.29) is 12.0 Å². The molecule has 1 heterocycles. The molecule has 0 aliphatic carbocycles. The van der Waals surface area contributed by atoms with Crippen molar-refractivity contribution < 1.29 is 5.11 Å². The maximum absolute atomic E-state index is 9.15. The smallest absolute Gasteiger partial charge is 0.0726 e. The number of para-hydroxylation sites is 1. The monoisotopic (exact) mass is 286 g/mol. The molecular formula is C18H26N2O. The molecule has 0 amide bonds. The van der Waals surface area contributed by atoms with Crippen LogP contribution in [0.2, 0.25) is 0 Å². The molecule has 2 N–H and O–H groups in total. The van der Waals surface area contributed by atoms with Gasteiger partial charge in [-0.05, 0) is 30.4 Å². The number of aromatic nitrogens is 1. The molecular weight excluding hydrogens is 260 g/mol. The number of hydrogen-bond donors (Lipinski definition) is 2. The maximum atomic E-state index is 9.15. The van der Waals surface area contributed by atoms with Crippen molar-refractivity contribution in [1.29, 1.82) is 0 Å². The van der Waals surface area contributed by atoms with E-state index in [0.29, 0.717) is 0 Å². The Morgan fingerprint density at radius 1 is 1.24 bits per heavy atom. The summed E-state index contributed by atoms with van der Waals surface area (Å²) in [5, 5.41) is 13.9. The number of benzene rings is 1. The number of fused-ring (bicyclic) bond motifs is 1. The predicted octanol–water partition coefficient (Wildman–Crippen LogP) is 4.01. The van der Waals surface area contributed by atoms with Gasteiger partial charge in [-0.3, -0.25) is 4.98 Å². The third kappa shape index (κ3) is 4.18. The van der Waals surface area contributed by atoms with Crippen molar-refractivity contribution >= 4 is 16.6 Å². The van der Waals surface area contributed by atoms with Gasteiger partial charge in [-0.2, -0.15) is 0 Å². The van der Waals surface area contributed by atoms with Gasteiger partial charge in [0.05, 0.1) is 5.52 Å². The highest BCUT2D eigenvalue weighted by atomic mass is 16.3. The summed E-state index contributed by atoms with van der Waals surface area (Å²) in [4.78, 5) is 4.73. The van der Waals surface area contributed by atoms with Gasteiger partial charge in [0.1, 0.15) is 0 Å². The van der Waals surface area contributed by atoms with Crippen LogP contribution in [0.4, 0.5) is 5.69 Å². The molecule has 1 aromatic heterocycles. The average Bonchev–Trinajstić information content (AvgIpc) is 2.45. The van der Waals surface area contributed by atoms with Gasteiger partial charge < -0.3 is 10.4 Å². The van der Waals surface area contributed by atoms with Gasteiger partial charge in [-0.1, -0.05) is 45.4 Å². The number of pyridine rings is 1. The first-order valence-corrected chi connectivity index (χ1v) is 7.79. The normalized spacial score (nSPS) is 11.8. The molecule has 0 saturated heterocycles. The molecule has 0 radical (unpaired) electrons. The van der Waals surface area contributed by atoms with E-state index in [9.17, 15) is 0 Å². The van der Waals surface area contributed by atoms with Crippen molar-refractivity contribution in [3.8, 4) is 0 Å². The molecule has 0 bridgehead atoms. The summed E-state index contributed by atoms with van der Waals surface area (Å²) in [6, 6.07) is 10.4. The van der Waals surface area contributed by atoms with E-state index in [2.05, 4.69) is 44.3 Å². The molecule has 0 unspecified atom stereocenters.